The number of rotatable bonds is 1. The average Bonchev–Trinajstić information content (AvgIpc) is 3.43. The molecule has 29 heavy (non-hydrogen) atoms. The molecular weight excluding hydrogens is 371 g/mol. The van der Waals surface area contributed by atoms with E-state index in [1.54, 1.807) is 6.07 Å². The van der Waals surface area contributed by atoms with Crippen LogP contribution in [0.2, 0.25) is 0 Å². The van der Waals surface area contributed by atoms with Gasteiger partial charge in [-0.25, -0.2) is 4.39 Å². The molecule has 156 valence electrons. The van der Waals surface area contributed by atoms with Crippen molar-refractivity contribution in [1.29, 1.82) is 0 Å². The standard InChI is InChI=1S/C16H17N3O2.C6H12FN/c1-9-2-3-10(12(20)6-9)14-11-7-21-8-16(4-5-16)13(11)15(17)19-18-14;1-8-4-2-3-6(7)5-8/h2-3,6,20H,4-5,7-8H2,1H3,(H2,17,19);6H,2-5H2,1H3. The highest BCUT2D eigenvalue weighted by molar-refractivity contribution is 5.73. The Balaban J connectivity index is 0.000000216. The maximum atomic E-state index is 12.4. The van der Waals surface area contributed by atoms with E-state index in [9.17, 15) is 9.50 Å². The van der Waals surface area contributed by atoms with Crippen LogP contribution in [0.4, 0.5) is 10.2 Å². The number of alkyl halides is 1. The molecule has 0 bridgehead atoms. The van der Waals surface area contributed by atoms with Gasteiger partial charge in [0.15, 0.2) is 0 Å². The van der Waals surface area contributed by atoms with E-state index in [1.807, 2.05) is 31.0 Å². The molecular formula is C22H29FN4O2. The summed E-state index contributed by atoms with van der Waals surface area (Å²) in [6, 6.07) is 5.56. The van der Waals surface area contributed by atoms with Crippen molar-refractivity contribution in [2.45, 2.75) is 50.8 Å². The lowest BCUT2D eigenvalue weighted by Crippen LogP contribution is -2.32. The molecule has 1 atom stereocenters. The molecule has 2 fully saturated rings. The predicted octanol–water partition coefficient (Wildman–Crippen LogP) is 3.35. The summed E-state index contributed by atoms with van der Waals surface area (Å²) in [5, 5.41) is 18.6. The molecule has 1 aromatic carbocycles. The van der Waals surface area contributed by atoms with Crippen molar-refractivity contribution in [3.8, 4) is 17.0 Å². The summed E-state index contributed by atoms with van der Waals surface area (Å²) in [4.78, 5) is 2.04. The molecule has 2 aliphatic heterocycles. The highest BCUT2D eigenvalue weighted by Gasteiger charge is 2.50. The molecule has 1 spiro atoms. The first-order valence-corrected chi connectivity index (χ1v) is 10.3. The zero-order valence-electron chi connectivity index (χ0n) is 17.1. The summed E-state index contributed by atoms with van der Waals surface area (Å²) in [5.41, 5.74) is 10.5. The zero-order valence-corrected chi connectivity index (χ0v) is 17.1. The van der Waals surface area contributed by atoms with Gasteiger partial charge in [0.1, 0.15) is 23.4 Å². The number of nitrogens with zero attached hydrogens (tertiary/aromatic N) is 3. The number of aromatic hydroxyl groups is 1. The molecule has 1 saturated heterocycles. The van der Waals surface area contributed by atoms with Crippen LogP contribution in [-0.2, 0) is 16.8 Å². The number of hydrogen-bond donors (Lipinski definition) is 2. The Morgan fingerprint density at radius 3 is 2.72 bits per heavy atom. The quantitative estimate of drug-likeness (QED) is 0.764. The van der Waals surface area contributed by atoms with Crippen molar-refractivity contribution in [2.24, 2.45) is 0 Å². The fourth-order valence-corrected chi connectivity index (χ4v) is 4.35. The average molecular weight is 400 g/mol. The molecule has 3 aliphatic rings. The summed E-state index contributed by atoms with van der Waals surface area (Å²) < 4.78 is 18.1. The van der Waals surface area contributed by atoms with E-state index in [0.29, 0.717) is 36.8 Å². The van der Waals surface area contributed by atoms with Gasteiger partial charge in [0.25, 0.3) is 0 Å². The second kappa shape index (κ2) is 7.88. The Morgan fingerprint density at radius 2 is 2.10 bits per heavy atom. The predicted molar refractivity (Wildman–Crippen MR) is 110 cm³/mol. The Bertz CT molecular complexity index is 893. The Hall–Kier alpha value is -2.25. The SMILES string of the molecule is CN1CCCC(F)C1.Cc1ccc(-c2nnc(N)c3c2COCC32CC2)c(O)c1. The number of ether oxygens (including phenoxy) is 1. The molecule has 0 amide bonds. The molecule has 1 saturated carbocycles. The van der Waals surface area contributed by atoms with E-state index in [2.05, 4.69) is 10.2 Å². The number of aromatic nitrogens is 2. The lowest BCUT2D eigenvalue weighted by atomic mass is 9.88. The third-order valence-corrected chi connectivity index (χ3v) is 6.09. The minimum absolute atomic E-state index is 0.0304. The van der Waals surface area contributed by atoms with E-state index in [4.69, 9.17) is 10.5 Å². The van der Waals surface area contributed by atoms with Gasteiger partial charge in [-0.05, 0) is 63.9 Å². The van der Waals surface area contributed by atoms with Crippen LogP contribution in [0, 0.1) is 6.92 Å². The second-order valence-corrected chi connectivity index (χ2v) is 8.58. The minimum atomic E-state index is -0.561. The van der Waals surface area contributed by atoms with Gasteiger partial charge >= 0.3 is 0 Å². The van der Waals surface area contributed by atoms with E-state index < -0.39 is 6.17 Å². The Morgan fingerprint density at radius 1 is 1.31 bits per heavy atom. The fourth-order valence-electron chi connectivity index (χ4n) is 4.35. The first-order chi connectivity index (χ1) is 13.9. The number of fused-ring (bicyclic) bond motifs is 2. The van der Waals surface area contributed by atoms with Crippen LogP contribution in [-0.4, -0.2) is 53.1 Å². The lowest BCUT2D eigenvalue weighted by Gasteiger charge is -2.27. The third-order valence-electron chi connectivity index (χ3n) is 6.09. The first kappa shape index (κ1) is 20.0. The zero-order chi connectivity index (χ0) is 20.6. The van der Waals surface area contributed by atoms with Gasteiger partial charge < -0.3 is 20.5 Å². The first-order valence-electron chi connectivity index (χ1n) is 10.3. The van der Waals surface area contributed by atoms with Crippen LogP contribution in [0.3, 0.4) is 0 Å². The highest BCUT2D eigenvalue weighted by atomic mass is 19.1. The highest BCUT2D eigenvalue weighted by Crippen LogP contribution is 2.54. The molecule has 3 N–H and O–H groups in total. The van der Waals surface area contributed by atoms with Gasteiger partial charge in [0, 0.05) is 28.7 Å². The Kier molecular flexibility index (Phi) is 5.44. The van der Waals surface area contributed by atoms with Gasteiger partial charge in [-0.15, -0.1) is 10.2 Å². The molecule has 6 nitrogen and oxygen atoms in total. The van der Waals surface area contributed by atoms with Crippen molar-refractivity contribution < 1.29 is 14.2 Å². The number of nitrogens with two attached hydrogens (primary N) is 1. The molecule has 1 unspecified atom stereocenters. The normalized spacial score (nSPS) is 22.5. The number of anilines is 1. The van der Waals surface area contributed by atoms with E-state index in [0.717, 1.165) is 48.9 Å². The van der Waals surface area contributed by atoms with Crippen molar-refractivity contribution in [3.63, 3.8) is 0 Å². The minimum Gasteiger partial charge on any atom is -0.507 e. The molecule has 3 heterocycles. The van der Waals surface area contributed by atoms with Crippen molar-refractivity contribution >= 4 is 5.82 Å². The van der Waals surface area contributed by atoms with Crippen LogP contribution in [0.25, 0.3) is 11.3 Å². The van der Waals surface area contributed by atoms with Gasteiger partial charge in [-0.3, -0.25) is 0 Å². The van der Waals surface area contributed by atoms with Crippen LogP contribution >= 0.6 is 0 Å². The topological polar surface area (TPSA) is 84.5 Å². The number of phenols is 1. The smallest absolute Gasteiger partial charge is 0.150 e. The summed E-state index contributed by atoms with van der Waals surface area (Å²) in [6.07, 6.45) is 3.39. The number of benzene rings is 1. The number of likely N-dealkylation sites (tertiary alicyclic amines) is 1. The third kappa shape index (κ3) is 4.07. The summed E-state index contributed by atoms with van der Waals surface area (Å²) >= 11 is 0. The van der Waals surface area contributed by atoms with Crippen LogP contribution in [0.15, 0.2) is 18.2 Å². The maximum absolute atomic E-state index is 12.4. The number of hydrogen-bond acceptors (Lipinski definition) is 6. The summed E-state index contributed by atoms with van der Waals surface area (Å²) in [6.45, 7) is 4.82. The number of aryl methyl sites for hydroxylation is 1. The summed E-state index contributed by atoms with van der Waals surface area (Å²) in [5.74, 6) is 0.716. The lowest BCUT2D eigenvalue weighted by molar-refractivity contribution is 0.0840. The van der Waals surface area contributed by atoms with Gasteiger partial charge in [0.05, 0.1) is 13.2 Å². The van der Waals surface area contributed by atoms with Crippen LogP contribution < -0.4 is 5.73 Å². The van der Waals surface area contributed by atoms with Gasteiger partial charge in [-0.1, -0.05) is 6.07 Å². The van der Waals surface area contributed by atoms with Crippen LogP contribution in [0.1, 0.15) is 42.4 Å². The monoisotopic (exact) mass is 400 g/mol. The maximum Gasteiger partial charge on any atom is 0.150 e. The molecule has 5 rings (SSSR count). The van der Waals surface area contributed by atoms with E-state index in [1.165, 1.54) is 0 Å². The van der Waals surface area contributed by atoms with Gasteiger partial charge in [-0.2, -0.15) is 0 Å². The van der Waals surface area contributed by atoms with Crippen molar-refractivity contribution in [1.82, 2.24) is 15.1 Å². The largest absolute Gasteiger partial charge is 0.507 e. The second-order valence-electron chi connectivity index (χ2n) is 8.58. The van der Waals surface area contributed by atoms with Crippen molar-refractivity contribution in [2.75, 3.05) is 32.5 Å². The number of piperidine rings is 1. The molecule has 1 aromatic heterocycles. The number of halogens is 1. The van der Waals surface area contributed by atoms with Crippen LogP contribution in [0.5, 0.6) is 5.75 Å². The summed E-state index contributed by atoms with van der Waals surface area (Å²) in [7, 11) is 1.96. The fraction of sp³-hybridized carbons (Fsp3) is 0.545. The molecule has 0 radical (unpaired) electrons. The molecule has 7 heteroatoms. The van der Waals surface area contributed by atoms with Crippen molar-refractivity contribution in [3.05, 3.63) is 34.9 Å². The molecule has 1 aliphatic carbocycles. The Labute approximate surface area is 170 Å². The van der Waals surface area contributed by atoms with Gasteiger partial charge in [0.2, 0.25) is 0 Å². The van der Waals surface area contributed by atoms with E-state index in [-0.39, 0.29) is 11.2 Å². The number of nitrogen functional groups attached to an aromatic ring is 1. The number of phenolic OH excluding ortho intramolecular Hbond substituents is 1. The molecule has 2 aromatic rings. The van der Waals surface area contributed by atoms with E-state index >= 15 is 0 Å².